The molecule has 5 nitrogen and oxygen atoms in total. The standard InChI is InChI=1S/C15H18FN3O2S/c1-22(20,21)19-8-2-3-12(10-19)15-9-14(17-18-15)11-4-6-13(16)7-5-11/h4-7,9,12H,2-3,8,10H2,1H3,(H,17,18)/t12-/m1/s1. The van der Waals surface area contributed by atoms with Crippen molar-refractivity contribution in [3.63, 3.8) is 0 Å². The van der Waals surface area contributed by atoms with Crippen LogP contribution in [0.1, 0.15) is 24.5 Å². The SMILES string of the molecule is CS(=O)(=O)N1CCC[C@@H](c2cc(-c3ccc(F)cc3)n[nH]2)C1. The molecule has 7 heteroatoms. The number of aromatic amines is 1. The fourth-order valence-corrected chi connectivity index (χ4v) is 3.72. The molecule has 0 bridgehead atoms. The normalized spacial score (nSPS) is 20.2. The molecule has 0 aliphatic carbocycles. The van der Waals surface area contributed by atoms with E-state index in [1.807, 2.05) is 6.07 Å². The molecule has 0 saturated carbocycles. The molecule has 1 fully saturated rings. The molecule has 1 saturated heterocycles. The van der Waals surface area contributed by atoms with Gasteiger partial charge in [0.2, 0.25) is 10.0 Å². The lowest BCUT2D eigenvalue weighted by molar-refractivity contribution is 0.314. The highest BCUT2D eigenvalue weighted by molar-refractivity contribution is 7.88. The lowest BCUT2D eigenvalue weighted by atomic mass is 9.96. The Morgan fingerprint density at radius 3 is 2.73 bits per heavy atom. The summed E-state index contributed by atoms with van der Waals surface area (Å²) in [5.41, 5.74) is 2.50. The Kier molecular flexibility index (Phi) is 4.01. The summed E-state index contributed by atoms with van der Waals surface area (Å²) in [6.45, 7) is 1.05. The van der Waals surface area contributed by atoms with E-state index in [-0.39, 0.29) is 11.7 Å². The van der Waals surface area contributed by atoms with Crippen LogP contribution in [-0.2, 0) is 10.0 Å². The van der Waals surface area contributed by atoms with E-state index >= 15 is 0 Å². The molecular weight excluding hydrogens is 305 g/mol. The van der Waals surface area contributed by atoms with Crippen molar-refractivity contribution in [1.82, 2.24) is 14.5 Å². The van der Waals surface area contributed by atoms with Gasteiger partial charge in [-0.2, -0.15) is 5.10 Å². The number of rotatable bonds is 3. The monoisotopic (exact) mass is 323 g/mol. The maximum atomic E-state index is 13.0. The Hall–Kier alpha value is -1.73. The highest BCUT2D eigenvalue weighted by atomic mass is 32.2. The van der Waals surface area contributed by atoms with Gasteiger partial charge in [0.05, 0.1) is 11.9 Å². The lowest BCUT2D eigenvalue weighted by Crippen LogP contribution is -2.38. The average molecular weight is 323 g/mol. The summed E-state index contributed by atoms with van der Waals surface area (Å²) in [5.74, 6) is -0.166. The molecule has 1 aromatic carbocycles. The Labute approximate surface area is 129 Å². The van der Waals surface area contributed by atoms with Gasteiger partial charge in [0, 0.05) is 30.3 Å². The molecule has 1 aliphatic rings. The maximum Gasteiger partial charge on any atom is 0.211 e. The van der Waals surface area contributed by atoms with Gasteiger partial charge in [-0.05, 0) is 43.2 Å². The van der Waals surface area contributed by atoms with E-state index in [2.05, 4.69) is 10.2 Å². The third-order valence-electron chi connectivity index (χ3n) is 4.03. The van der Waals surface area contributed by atoms with Crippen molar-refractivity contribution in [2.75, 3.05) is 19.3 Å². The maximum absolute atomic E-state index is 13.0. The second-order valence-corrected chi connectivity index (χ2v) is 7.66. The van der Waals surface area contributed by atoms with Crippen LogP contribution >= 0.6 is 0 Å². The summed E-state index contributed by atoms with van der Waals surface area (Å²) in [6, 6.07) is 8.08. The summed E-state index contributed by atoms with van der Waals surface area (Å²) in [4.78, 5) is 0. The summed E-state index contributed by atoms with van der Waals surface area (Å²) in [5, 5.41) is 7.26. The number of halogens is 1. The highest BCUT2D eigenvalue weighted by Crippen LogP contribution is 2.29. The zero-order chi connectivity index (χ0) is 15.7. The number of sulfonamides is 1. The van der Waals surface area contributed by atoms with Gasteiger partial charge < -0.3 is 0 Å². The van der Waals surface area contributed by atoms with E-state index < -0.39 is 10.0 Å². The van der Waals surface area contributed by atoms with E-state index in [9.17, 15) is 12.8 Å². The quantitative estimate of drug-likeness (QED) is 0.943. The lowest BCUT2D eigenvalue weighted by Gasteiger charge is -2.30. The number of benzene rings is 1. The predicted molar refractivity (Wildman–Crippen MR) is 82.4 cm³/mol. The van der Waals surface area contributed by atoms with Gasteiger partial charge in [0.15, 0.2) is 0 Å². The molecule has 1 aromatic heterocycles. The van der Waals surface area contributed by atoms with Crippen molar-refractivity contribution in [3.8, 4) is 11.3 Å². The zero-order valence-electron chi connectivity index (χ0n) is 12.3. The number of aromatic nitrogens is 2. The second kappa shape index (κ2) is 5.81. The van der Waals surface area contributed by atoms with Crippen LogP contribution in [0.15, 0.2) is 30.3 Å². The number of piperidine rings is 1. The van der Waals surface area contributed by atoms with Crippen LogP contribution in [0, 0.1) is 5.82 Å². The summed E-state index contributed by atoms with van der Waals surface area (Å²) >= 11 is 0. The number of nitrogens with zero attached hydrogens (tertiary/aromatic N) is 2. The molecule has 2 aromatic rings. The molecule has 0 spiro atoms. The third-order valence-corrected chi connectivity index (χ3v) is 5.30. The van der Waals surface area contributed by atoms with Crippen LogP contribution < -0.4 is 0 Å². The van der Waals surface area contributed by atoms with Crippen molar-refractivity contribution in [1.29, 1.82) is 0 Å². The third kappa shape index (κ3) is 3.20. The van der Waals surface area contributed by atoms with Crippen molar-refractivity contribution in [2.24, 2.45) is 0 Å². The van der Waals surface area contributed by atoms with Gasteiger partial charge in [-0.3, -0.25) is 5.10 Å². The fourth-order valence-electron chi connectivity index (χ4n) is 2.81. The highest BCUT2D eigenvalue weighted by Gasteiger charge is 2.27. The van der Waals surface area contributed by atoms with Crippen molar-refractivity contribution in [2.45, 2.75) is 18.8 Å². The summed E-state index contributed by atoms with van der Waals surface area (Å²) < 4.78 is 37.8. The van der Waals surface area contributed by atoms with E-state index in [1.54, 1.807) is 12.1 Å². The van der Waals surface area contributed by atoms with Gasteiger partial charge >= 0.3 is 0 Å². The van der Waals surface area contributed by atoms with Crippen LogP contribution in [-0.4, -0.2) is 42.3 Å². The van der Waals surface area contributed by atoms with Crippen LogP contribution in [0.2, 0.25) is 0 Å². The van der Waals surface area contributed by atoms with Crippen molar-refractivity contribution in [3.05, 3.63) is 41.8 Å². The van der Waals surface area contributed by atoms with Gasteiger partial charge in [-0.25, -0.2) is 17.1 Å². The topological polar surface area (TPSA) is 66.1 Å². The smallest absolute Gasteiger partial charge is 0.211 e. The molecule has 118 valence electrons. The minimum absolute atomic E-state index is 0.116. The first-order valence-electron chi connectivity index (χ1n) is 7.20. The first kappa shape index (κ1) is 15.2. The zero-order valence-corrected chi connectivity index (χ0v) is 13.1. The van der Waals surface area contributed by atoms with E-state index in [0.717, 1.165) is 29.8 Å². The average Bonchev–Trinajstić information content (AvgIpc) is 2.97. The van der Waals surface area contributed by atoms with Crippen LogP contribution in [0.3, 0.4) is 0 Å². The number of nitrogens with one attached hydrogen (secondary N) is 1. The van der Waals surface area contributed by atoms with E-state index in [4.69, 9.17) is 0 Å². The van der Waals surface area contributed by atoms with E-state index in [0.29, 0.717) is 13.1 Å². The number of hydrogen-bond acceptors (Lipinski definition) is 3. The molecule has 0 radical (unpaired) electrons. The Morgan fingerprint density at radius 1 is 1.32 bits per heavy atom. The second-order valence-electron chi connectivity index (χ2n) is 5.68. The summed E-state index contributed by atoms with van der Waals surface area (Å²) in [6.07, 6.45) is 3.01. The van der Waals surface area contributed by atoms with Crippen LogP contribution in [0.4, 0.5) is 4.39 Å². The largest absolute Gasteiger partial charge is 0.282 e. The van der Waals surface area contributed by atoms with E-state index in [1.165, 1.54) is 22.7 Å². The predicted octanol–water partition coefficient (Wildman–Crippen LogP) is 2.35. The minimum atomic E-state index is -3.16. The van der Waals surface area contributed by atoms with Gasteiger partial charge in [-0.1, -0.05) is 0 Å². The van der Waals surface area contributed by atoms with Gasteiger partial charge in [-0.15, -0.1) is 0 Å². The molecule has 0 unspecified atom stereocenters. The minimum Gasteiger partial charge on any atom is -0.282 e. The van der Waals surface area contributed by atoms with Crippen molar-refractivity contribution < 1.29 is 12.8 Å². The van der Waals surface area contributed by atoms with Gasteiger partial charge in [0.1, 0.15) is 5.82 Å². The molecule has 0 amide bonds. The van der Waals surface area contributed by atoms with Crippen molar-refractivity contribution >= 4 is 10.0 Å². The first-order chi connectivity index (χ1) is 10.4. The van der Waals surface area contributed by atoms with Crippen LogP contribution in [0.5, 0.6) is 0 Å². The van der Waals surface area contributed by atoms with Gasteiger partial charge in [0.25, 0.3) is 0 Å². The molecule has 2 heterocycles. The molecule has 1 aliphatic heterocycles. The number of hydrogen-bond donors (Lipinski definition) is 1. The Morgan fingerprint density at radius 2 is 2.05 bits per heavy atom. The Bertz CT molecular complexity index is 755. The molecule has 1 atom stereocenters. The molecular formula is C15H18FN3O2S. The fraction of sp³-hybridized carbons (Fsp3) is 0.400. The number of H-pyrrole nitrogens is 1. The molecule has 1 N–H and O–H groups in total. The first-order valence-corrected chi connectivity index (χ1v) is 9.05. The van der Waals surface area contributed by atoms with Crippen LogP contribution in [0.25, 0.3) is 11.3 Å². The molecule has 3 rings (SSSR count). The molecule has 22 heavy (non-hydrogen) atoms. The Balaban J connectivity index is 1.80. The summed E-state index contributed by atoms with van der Waals surface area (Å²) in [7, 11) is -3.16.